The molecule has 0 saturated heterocycles. The van der Waals surface area contributed by atoms with Crippen molar-refractivity contribution < 1.29 is 8.78 Å². The third-order valence-corrected chi connectivity index (χ3v) is 4.04. The van der Waals surface area contributed by atoms with Gasteiger partial charge >= 0.3 is 6.55 Å². The lowest BCUT2D eigenvalue weighted by atomic mass is 10.1. The number of aromatic nitrogens is 3. The highest BCUT2D eigenvalue weighted by molar-refractivity contribution is 6.08. The van der Waals surface area contributed by atoms with Crippen LogP contribution in [-0.4, -0.2) is 14.5 Å². The van der Waals surface area contributed by atoms with E-state index in [9.17, 15) is 8.78 Å². The van der Waals surface area contributed by atoms with Crippen LogP contribution in [0.2, 0.25) is 0 Å². The molecule has 3 aromatic heterocycles. The predicted molar refractivity (Wildman–Crippen MR) is 86.5 cm³/mol. The summed E-state index contributed by atoms with van der Waals surface area (Å²) in [7, 11) is 0. The molecule has 5 heteroatoms. The Morgan fingerprint density at radius 2 is 1.74 bits per heavy atom. The Morgan fingerprint density at radius 3 is 2.48 bits per heavy atom. The summed E-state index contributed by atoms with van der Waals surface area (Å²) in [4.78, 5) is 8.33. The molecule has 0 aliphatic rings. The highest BCUT2D eigenvalue weighted by atomic mass is 19.3. The molecule has 0 spiro atoms. The molecule has 0 aliphatic carbocycles. The average Bonchev–Trinajstić information content (AvgIpc) is 2.89. The molecule has 0 unspecified atom stereocenters. The first-order valence-electron chi connectivity index (χ1n) is 7.24. The van der Waals surface area contributed by atoms with Crippen molar-refractivity contribution in [2.75, 3.05) is 0 Å². The Labute approximate surface area is 131 Å². The maximum Gasteiger partial charge on any atom is 0.319 e. The molecule has 0 bridgehead atoms. The Morgan fingerprint density at radius 1 is 0.913 bits per heavy atom. The van der Waals surface area contributed by atoms with Crippen molar-refractivity contribution in [2.45, 2.75) is 13.5 Å². The van der Waals surface area contributed by atoms with Crippen LogP contribution in [0.25, 0.3) is 32.9 Å². The second kappa shape index (κ2) is 5.12. The normalized spacial score (nSPS) is 11.7. The largest absolute Gasteiger partial charge is 0.319 e. The fourth-order valence-electron chi connectivity index (χ4n) is 2.92. The molecule has 0 amide bonds. The summed E-state index contributed by atoms with van der Waals surface area (Å²) in [5.74, 6) is 0. The van der Waals surface area contributed by atoms with Gasteiger partial charge in [-0.25, -0.2) is 0 Å². The Kier molecular flexibility index (Phi) is 3.08. The van der Waals surface area contributed by atoms with Crippen molar-refractivity contribution >= 4 is 21.8 Å². The van der Waals surface area contributed by atoms with Crippen LogP contribution >= 0.6 is 0 Å². The third-order valence-electron chi connectivity index (χ3n) is 4.04. The minimum atomic E-state index is -2.61. The molecule has 0 aliphatic heterocycles. The Balaban J connectivity index is 2.03. The van der Waals surface area contributed by atoms with Crippen LogP contribution in [0.3, 0.4) is 0 Å². The highest BCUT2D eigenvalue weighted by Crippen LogP contribution is 2.34. The van der Waals surface area contributed by atoms with E-state index in [0.717, 1.165) is 32.2 Å². The summed E-state index contributed by atoms with van der Waals surface area (Å²) in [6.07, 6.45) is 4.92. The van der Waals surface area contributed by atoms with Crippen molar-refractivity contribution in [2.24, 2.45) is 0 Å². The zero-order chi connectivity index (χ0) is 16.0. The third kappa shape index (κ3) is 2.16. The number of hydrogen-bond acceptors (Lipinski definition) is 2. The van der Waals surface area contributed by atoms with Crippen LogP contribution in [0.4, 0.5) is 8.78 Å². The van der Waals surface area contributed by atoms with Gasteiger partial charge in [-0.2, -0.15) is 8.78 Å². The van der Waals surface area contributed by atoms with Crippen molar-refractivity contribution in [3.05, 3.63) is 60.7 Å². The van der Waals surface area contributed by atoms with Crippen molar-refractivity contribution in [3.8, 4) is 11.1 Å². The van der Waals surface area contributed by atoms with Gasteiger partial charge in [-0.05, 0) is 30.7 Å². The van der Waals surface area contributed by atoms with E-state index in [1.807, 2.05) is 31.2 Å². The predicted octanol–water partition coefficient (Wildman–Crippen LogP) is 4.96. The van der Waals surface area contributed by atoms with Crippen LogP contribution in [0, 0.1) is 6.92 Å². The monoisotopic (exact) mass is 309 g/mol. The van der Waals surface area contributed by atoms with Gasteiger partial charge < -0.3 is 0 Å². The first kappa shape index (κ1) is 13.8. The van der Waals surface area contributed by atoms with Gasteiger partial charge in [0.25, 0.3) is 0 Å². The molecule has 0 atom stereocenters. The average molecular weight is 309 g/mol. The summed E-state index contributed by atoms with van der Waals surface area (Å²) in [5, 5.41) is 1.51. The van der Waals surface area contributed by atoms with Gasteiger partial charge in [0.1, 0.15) is 0 Å². The van der Waals surface area contributed by atoms with Crippen LogP contribution in [0.5, 0.6) is 0 Å². The van der Waals surface area contributed by atoms with E-state index in [0.29, 0.717) is 11.0 Å². The highest BCUT2D eigenvalue weighted by Gasteiger charge is 2.17. The van der Waals surface area contributed by atoms with Crippen LogP contribution in [0.15, 0.2) is 55.0 Å². The maximum atomic E-state index is 13.6. The summed E-state index contributed by atoms with van der Waals surface area (Å²) in [5.41, 5.74) is 3.68. The lowest BCUT2D eigenvalue weighted by Gasteiger charge is -2.07. The number of fused-ring (bicyclic) bond motifs is 3. The molecule has 3 nitrogen and oxygen atoms in total. The summed E-state index contributed by atoms with van der Waals surface area (Å²) >= 11 is 0. The van der Waals surface area contributed by atoms with Gasteiger partial charge in [0.15, 0.2) is 0 Å². The van der Waals surface area contributed by atoms with Gasteiger partial charge in [0, 0.05) is 40.6 Å². The van der Waals surface area contributed by atoms with Crippen molar-refractivity contribution in [3.63, 3.8) is 0 Å². The standard InChI is InChI=1S/C18H13F2N3/c1-11-2-3-13(9-22-11)12-4-5-14-15-10-21-7-6-16(15)23(18(19)20)17(14)8-12/h2-10,18H,1H3. The lowest BCUT2D eigenvalue weighted by Crippen LogP contribution is -1.97. The van der Waals surface area contributed by atoms with Gasteiger partial charge in [0.05, 0.1) is 11.0 Å². The SMILES string of the molecule is Cc1ccc(-c2ccc3c4cnccc4n(C(F)F)c3c2)cn1. The zero-order valence-electron chi connectivity index (χ0n) is 12.4. The Bertz CT molecular complexity index is 1000. The molecule has 0 saturated carbocycles. The van der Waals surface area contributed by atoms with E-state index in [2.05, 4.69) is 9.97 Å². The second-order valence-electron chi connectivity index (χ2n) is 5.46. The first-order valence-corrected chi connectivity index (χ1v) is 7.24. The molecule has 4 aromatic rings. The van der Waals surface area contributed by atoms with Gasteiger partial charge in [-0.1, -0.05) is 18.2 Å². The fraction of sp³-hybridized carbons (Fsp3) is 0.111. The number of hydrogen-bond donors (Lipinski definition) is 0. The topological polar surface area (TPSA) is 30.7 Å². The van der Waals surface area contributed by atoms with Crippen LogP contribution in [0.1, 0.15) is 12.2 Å². The Hall–Kier alpha value is -2.82. The number of pyridine rings is 2. The van der Waals surface area contributed by atoms with Crippen molar-refractivity contribution in [1.82, 2.24) is 14.5 Å². The summed E-state index contributed by atoms with van der Waals surface area (Å²) < 4.78 is 28.2. The van der Waals surface area contributed by atoms with Gasteiger partial charge in [-0.15, -0.1) is 0 Å². The van der Waals surface area contributed by atoms with E-state index in [-0.39, 0.29) is 0 Å². The van der Waals surface area contributed by atoms with E-state index in [1.54, 1.807) is 24.5 Å². The zero-order valence-corrected chi connectivity index (χ0v) is 12.4. The number of rotatable bonds is 2. The molecular weight excluding hydrogens is 296 g/mol. The van der Waals surface area contributed by atoms with Crippen LogP contribution < -0.4 is 0 Å². The summed E-state index contributed by atoms with van der Waals surface area (Å²) in [6.45, 7) is -0.696. The van der Waals surface area contributed by atoms with E-state index in [4.69, 9.17) is 0 Å². The van der Waals surface area contributed by atoms with Gasteiger partial charge in [0.2, 0.25) is 0 Å². The molecule has 0 radical (unpaired) electrons. The quantitative estimate of drug-likeness (QED) is 0.524. The van der Waals surface area contributed by atoms with Crippen LogP contribution in [-0.2, 0) is 0 Å². The van der Waals surface area contributed by atoms with E-state index >= 15 is 0 Å². The molecular formula is C18H13F2N3. The molecule has 0 fully saturated rings. The molecule has 23 heavy (non-hydrogen) atoms. The van der Waals surface area contributed by atoms with E-state index in [1.165, 1.54) is 6.20 Å². The second-order valence-corrected chi connectivity index (χ2v) is 5.46. The molecule has 114 valence electrons. The number of benzene rings is 1. The molecule has 1 aromatic carbocycles. The minimum Gasteiger partial charge on any atom is -0.284 e. The smallest absolute Gasteiger partial charge is 0.284 e. The number of nitrogens with zero attached hydrogens (tertiary/aromatic N) is 3. The molecule has 4 rings (SSSR count). The number of halogens is 2. The van der Waals surface area contributed by atoms with E-state index < -0.39 is 6.55 Å². The van der Waals surface area contributed by atoms with Crippen molar-refractivity contribution in [1.29, 1.82) is 0 Å². The fourth-order valence-corrected chi connectivity index (χ4v) is 2.92. The van der Waals surface area contributed by atoms with Gasteiger partial charge in [-0.3, -0.25) is 14.5 Å². The maximum absolute atomic E-state index is 13.6. The number of aryl methyl sites for hydroxylation is 1. The molecule has 3 heterocycles. The molecule has 0 N–H and O–H groups in total. The lowest BCUT2D eigenvalue weighted by molar-refractivity contribution is 0.0796. The first-order chi connectivity index (χ1) is 11.1. The minimum absolute atomic E-state index is 0.490. The number of alkyl halides is 2. The summed E-state index contributed by atoms with van der Waals surface area (Å²) in [6, 6.07) is 11.1.